The Morgan fingerprint density at radius 2 is 2.03 bits per heavy atom. The molecule has 5 rings (SSSR count). The van der Waals surface area contributed by atoms with E-state index < -0.39 is 0 Å². The Kier molecular flexibility index (Phi) is 6.12. The number of aromatic nitrogens is 2. The maximum Gasteiger partial charge on any atom is 0.328 e. The van der Waals surface area contributed by atoms with E-state index in [0.717, 1.165) is 56.5 Å². The van der Waals surface area contributed by atoms with Crippen molar-refractivity contribution in [3.63, 3.8) is 0 Å². The van der Waals surface area contributed by atoms with Crippen molar-refractivity contribution in [1.29, 1.82) is 0 Å². The van der Waals surface area contributed by atoms with Gasteiger partial charge in [0.2, 0.25) is 5.91 Å². The lowest BCUT2D eigenvalue weighted by atomic mass is 9.98. The number of carbonyl (C=O) groups is 2. The molecule has 9 heteroatoms. The molecule has 3 aliphatic rings. The zero-order chi connectivity index (χ0) is 22.1. The molecule has 9 nitrogen and oxygen atoms in total. The van der Waals surface area contributed by atoms with E-state index in [2.05, 4.69) is 39.3 Å². The number of anilines is 1. The van der Waals surface area contributed by atoms with E-state index in [0.29, 0.717) is 19.0 Å². The summed E-state index contributed by atoms with van der Waals surface area (Å²) in [5.41, 5.74) is 2.84. The predicted molar refractivity (Wildman–Crippen MR) is 121 cm³/mol. The average molecular weight is 441 g/mol. The van der Waals surface area contributed by atoms with Gasteiger partial charge in [0.1, 0.15) is 0 Å². The summed E-state index contributed by atoms with van der Waals surface area (Å²) in [6.07, 6.45) is 6.32. The van der Waals surface area contributed by atoms with Crippen molar-refractivity contribution in [2.75, 3.05) is 50.8 Å². The van der Waals surface area contributed by atoms with Gasteiger partial charge in [0.25, 0.3) is 0 Å². The summed E-state index contributed by atoms with van der Waals surface area (Å²) in [6.45, 7) is 9.80. The first-order valence-corrected chi connectivity index (χ1v) is 11.7. The molecule has 2 aromatic heterocycles. The SMILES string of the molecule is C[C@@H]1CN(Cc2ccn3ncc(N4CCC(=O)NC4=O)c3c2)CCN1CC1CCOCC1. The third-order valence-corrected chi connectivity index (χ3v) is 7.00. The molecule has 32 heavy (non-hydrogen) atoms. The average Bonchev–Trinajstić information content (AvgIpc) is 3.19. The molecule has 3 saturated heterocycles. The number of piperazine rings is 1. The molecule has 3 aliphatic heterocycles. The molecule has 0 bridgehead atoms. The third-order valence-electron chi connectivity index (χ3n) is 7.00. The van der Waals surface area contributed by atoms with Crippen LogP contribution in [0.4, 0.5) is 10.5 Å². The summed E-state index contributed by atoms with van der Waals surface area (Å²) < 4.78 is 7.30. The number of pyridine rings is 1. The van der Waals surface area contributed by atoms with Crippen LogP contribution in [0.25, 0.3) is 5.52 Å². The Balaban J connectivity index is 1.24. The lowest BCUT2D eigenvalue weighted by Gasteiger charge is -2.42. The second-order valence-electron chi connectivity index (χ2n) is 9.28. The van der Waals surface area contributed by atoms with Gasteiger partial charge < -0.3 is 4.74 Å². The molecule has 0 spiro atoms. The van der Waals surface area contributed by atoms with Crippen molar-refractivity contribution in [2.24, 2.45) is 5.92 Å². The summed E-state index contributed by atoms with van der Waals surface area (Å²) in [5, 5.41) is 6.79. The quantitative estimate of drug-likeness (QED) is 0.762. The van der Waals surface area contributed by atoms with Crippen molar-refractivity contribution in [1.82, 2.24) is 24.7 Å². The summed E-state index contributed by atoms with van der Waals surface area (Å²) in [5.74, 6) is 0.538. The van der Waals surface area contributed by atoms with Gasteiger partial charge in [-0.1, -0.05) is 0 Å². The van der Waals surface area contributed by atoms with Crippen molar-refractivity contribution < 1.29 is 14.3 Å². The second kappa shape index (κ2) is 9.17. The van der Waals surface area contributed by atoms with Crippen LogP contribution in [0.2, 0.25) is 0 Å². The molecule has 0 radical (unpaired) electrons. The lowest BCUT2D eigenvalue weighted by Crippen LogP contribution is -2.52. The Bertz CT molecular complexity index is 985. The van der Waals surface area contributed by atoms with Gasteiger partial charge in [-0.3, -0.25) is 24.8 Å². The highest BCUT2D eigenvalue weighted by Gasteiger charge is 2.28. The van der Waals surface area contributed by atoms with Gasteiger partial charge in [-0.2, -0.15) is 5.10 Å². The van der Waals surface area contributed by atoms with Crippen LogP contribution in [0, 0.1) is 5.92 Å². The highest BCUT2D eigenvalue weighted by atomic mass is 16.5. The number of rotatable bonds is 5. The summed E-state index contributed by atoms with van der Waals surface area (Å²) in [7, 11) is 0. The normalized spacial score (nSPS) is 24.3. The van der Waals surface area contributed by atoms with Crippen LogP contribution >= 0.6 is 0 Å². The summed E-state index contributed by atoms with van der Waals surface area (Å²) >= 11 is 0. The minimum absolute atomic E-state index is 0.228. The molecule has 0 aromatic carbocycles. The molecular weight excluding hydrogens is 408 g/mol. The number of fused-ring (bicyclic) bond motifs is 1. The van der Waals surface area contributed by atoms with E-state index in [1.165, 1.54) is 24.9 Å². The summed E-state index contributed by atoms with van der Waals surface area (Å²) in [4.78, 5) is 30.5. The van der Waals surface area contributed by atoms with Crippen LogP contribution < -0.4 is 10.2 Å². The molecule has 1 N–H and O–H groups in total. The van der Waals surface area contributed by atoms with E-state index in [4.69, 9.17) is 4.74 Å². The van der Waals surface area contributed by atoms with Gasteiger partial charge in [-0.15, -0.1) is 0 Å². The molecular formula is C23H32N6O3. The van der Waals surface area contributed by atoms with E-state index in [9.17, 15) is 9.59 Å². The van der Waals surface area contributed by atoms with Crippen molar-refractivity contribution in [2.45, 2.75) is 38.8 Å². The molecule has 0 unspecified atom stereocenters. The number of hydrogen-bond donors (Lipinski definition) is 1. The monoisotopic (exact) mass is 440 g/mol. The zero-order valence-electron chi connectivity index (χ0n) is 18.7. The molecule has 2 aromatic rings. The van der Waals surface area contributed by atoms with Gasteiger partial charge in [0.15, 0.2) is 0 Å². The zero-order valence-corrected chi connectivity index (χ0v) is 18.7. The van der Waals surface area contributed by atoms with Gasteiger partial charge in [0, 0.05) is 71.1 Å². The largest absolute Gasteiger partial charge is 0.381 e. The van der Waals surface area contributed by atoms with E-state index in [1.54, 1.807) is 15.6 Å². The second-order valence-corrected chi connectivity index (χ2v) is 9.28. The molecule has 5 heterocycles. The van der Waals surface area contributed by atoms with E-state index >= 15 is 0 Å². The molecule has 0 saturated carbocycles. The minimum Gasteiger partial charge on any atom is -0.381 e. The van der Waals surface area contributed by atoms with Crippen molar-refractivity contribution in [3.8, 4) is 0 Å². The molecule has 3 fully saturated rings. The van der Waals surface area contributed by atoms with Crippen molar-refractivity contribution in [3.05, 3.63) is 30.1 Å². The number of urea groups is 1. The first-order valence-electron chi connectivity index (χ1n) is 11.7. The smallest absolute Gasteiger partial charge is 0.328 e. The van der Waals surface area contributed by atoms with Gasteiger partial charge in [0.05, 0.1) is 17.4 Å². The highest BCUT2D eigenvalue weighted by molar-refractivity contribution is 6.07. The fraction of sp³-hybridized carbons (Fsp3) is 0.609. The van der Waals surface area contributed by atoms with Crippen LogP contribution in [0.15, 0.2) is 24.5 Å². The molecule has 0 aliphatic carbocycles. The topological polar surface area (TPSA) is 82.4 Å². The first-order chi connectivity index (χ1) is 15.6. The van der Waals surface area contributed by atoms with E-state index in [1.807, 2.05) is 6.20 Å². The Labute approximate surface area is 188 Å². The van der Waals surface area contributed by atoms with Gasteiger partial charge >= 0.3 is 6.03 Å². The van der Waals surface area contributed by atoms with Crippen LogP contribution in [-0.2, 0) is 16.1 Å². The highest BCUT2D eigenvalue weighted by Crippen LogP contribution is 2.25. The lowest BCUT2D eigenvalue weighted by molar-refractivity contribution is -0.120. The number of nitrogens with zero attached hydrogens (tertiary/aromatic N) is 5. The van der Waals surface area contributed by atoms with Crippen LogP contribution in [0.5, 0.6) is 0 Å². The van der Waals surface area contributed by atoms with Crippen LogP contribution in [0.1, 0.15) is 31.7 Å². The maximum absolute atomic E-state index is 12.3. The number of imide groups is 1. The molecule has 172 valence electrons. The van der Waals surface area contributed by atoms with Gasteiger partial charge in [-0.05, 0) is 43.4 Å². The number of ether oxygens (including phenoxy) is 1. The fourth-order valence-electron chi connectivity index (χ4n) is 5.12. The number of hydrogen-bond acceptors (Lipinski definition) is 6. The summed E-state index contributed by atoms with van der Waals surface area (Å²) in [6, 6.07) is 4.37. The Morgan fingerprint density at radius 1 is 1.19 bits per heavy atom. The van der Waals surface area contributed by atoms with Crippen LogP contribution in [0.3, 0.4) is 0 Å². The van der Waals surface area contributed by atoms with Gasteiger partial charge in [-0.25, -0.2) is 9.31 Å². The van der Waals surface area contributed by atoms with E-state index in [-0.39, 0.29) is 11.9 Å². The first kappa shape index (κ1) is 21.4. The number of amides is 3. The molecule has 3 amide bonds. The predicted octanol–water partition coefficient (Wildman–Crippen LogP) is 1.71. The molecule has 1 atom stereocenters. The number of nitrogens with one attached hydrogen (secondary N) is 1. The fourth-order valence-corrected chi connectivity index (χ4v) is 5.12. The Hall–Kier alpha value is -2.49. The number of carbonyl (C=O) groups excluding carboxylic acids is 2. The van der Waals surface area contributed by atoms with Crippen LogP contribution in [-0.4, -0.2) is 83.3 Å². The Morgan fingerprint density at radius 3 is 2.81 bits per heavy atom. The third kappa shape index (κ3) is 4.51. The minimum atomic E-state index is -0.379. The maximum atomic E-state index is 12.3. The standard InChI is InChI=1S/C23H32N6O3/c1-17-14-26(8-9-27(17)16-18-4-10-32-11-5-18)15-19-2-7-29-20(12-19)21(13-24-29)28-6-3-22(30)25-23(28)31/h2,7,12-13,17-18H,3-6,8-11,14-16H2,1H3,(H,25,30,31)/t17-/m1/s1. The van der Waals surface area contributed by atoms with Crippen molar-refractivity contribution >= 4 is 23.1 Å².